The predicted molar refractivity (Wildman–Crippen MR) is 89.9 cm³/mol. The smallest absolute Gasteiger partial charge is 0.271 e. The van der Waals surface area contributed by atoms with Crippen molar-refractivity contribution in [2.45, 2.75) is 32.6 Å². The van der Waals surface area contributed by atoms with E-state index in [0.717, 1.165) is 23.9 Å². The van der Waals surface area contributed by atoms with Crippen molar-refractivity contribution in [3.8, 4) is 5.75 Å². The van der Waals surface area contributed by atoms with Crippen molar-refractivity contribution < 1.29 is 4.74 Å². The Morgan fingerprint density at radius 2 is 2.17 bits per heavy atom. The highest BCUT2D eigenvalue weighted by molar-refractivity contribution is 5.83. The van der Waals surface area contributed by atoms with Crippen LogP contribution >= 0.6 is 0 Å². The van der Waals surface area contributed by atoms with Crippen LogP contribution in [0, 0.1) is 0 Å². The third-order valence-electron chi connectivity index (χ3n) is 3.12. The molecule has 0 aliphatic rings. The van der Waals surface area contributed by atoms with Crippen molar-refractivity contribution in [2.24, 2.45) is 5.10 Å². The molecule has 1 aromatic carbocycles. The van der Waals surface area contributed by atoms with E-state index in [1.165, 1.54) is 19.3 Å². The first-order chi connectivity index (χ1) is 11.3. The van der Waals surface area contributed by atoms with Crippen LogP contribution in [0.4, 0.5) is 5.95 Å². The van der Waals surface area contributed by atoms with E-state index in [1.807, 2.05) is 24.3 Å². The number of aromatic nitrogens is 3. The number of nitrogens with zero attached hydrogens (tertiary/aromatic N) is 3. The van der Waals surface area contributed by atoms with Gasteiger partial charge < -0.3 is 4.74 Å². The van der Waals surface area contributed by atoms with Gasteiger partial charge in [-0.25, -0.2) is 5.43 Å². The first kappa shape index (κ1) is 16.7. The Balaban J connectivity index is 1.91. The average Bonchev–Trinajstić information content (AvgIpc) is 2.56. The molecule has 0 bridgehead atoms. The normalized spacial score (nSPS) is 10.8. The van der Waals surface area contributed by atoms with Crippen LogP contribution in [-0.2, 0) is 0 Å². The van der Waals surface area contributed by atoms with Crippen molar-refractivity contribution >= 4 is 12.2 Å². The molecule has 2 N–H and O–H groups in total. The van der Waals surface area contributed by atoms with Crippen molar-refractivity contribution in [3.63, 3.8) is 0 Å². The summed E-state index contributed by atoms with van der Waals surface area (Å²) in [6.45, 7) is 2.87. The van der Waals surface area contributed by atoms with E-state index in [9.17, 15) is 4.79 Å². The fraction of sp³-hybridized carbons (Fsp3) is 0.375. The van der Waals surface area contributed by atoms with Gasteiger partial charge in [0.1, 0.15) is 11.9 Å². The maximum absolute atomic E-state index is 11.1. The molecule has 7 heteroatoms. The summed E-state index contributed by atoms with van der Waals surface area (Å²) in [7, 11) is 0. The third kappa shape index (κ3) is 5.90. The number of ether oxygens (including phenoxy) is 1. The van der Waals surface area contributed by atoms with E-state index in [2.05, 4.69) is 32.6 Å². The predicted octanol–water partition coefficient (Wildman–Crippen LogP) is 2.57. The molecule has 1 heterocycles. The van der Waals surface area contributed by atoms with E-state index < -0.39 is 0 Å². The molecular formula is C16H21N5O2. The number of para-hydroxylation sites is 1. The Hall–Kier alpha value is -2.70. The molecule has 0 aliphatic heterocycles. The molecule has 122 valence electrons. The summed E-state index contributed by atoms with van der Waals surface area (Å²) in [5.74, 6) is 0.967. The molecule has 23 heavy (non-hydrogen) atoms. The summed E-state index contributed by atoms with van der Waals surface area (Å²) >= 11 is 0. The molecular weight excluding hydrogens is 294 g/mol. The largest absolute Gasteiger partial charge is 0.493 e. The van der Waals surface area contributed by atoms with Crippen LogP contribution in [0.5, 0.6) is 5.75 Å². The maximum Gasteiger partial charge on any atom is 0.271 e. The molecule has 7 nitrogen and oxygen atoms in total. The second-order valence-electron chi connectivity index (χ2n) is 5.00. The van der Waals surface area contributed by atoms with Gasteiger partial charge in [0, 0.05) is 5.56 Å². The zero-order valence-electron chi connectivity index (χ0n) is 13.2. The van der Waals surface area contributed by atoms with Crippen LogP contribution < -0.4 is 15.7 Å². The van der Waals surface area contributed by atoms with Gasteiger partial charge >= 0.3 is 0 Å². The van der Waals surface area contributed by atoms with Crippen LogP contribution in [0.25, 0.3) is 0 Å². The molecule has 1 aromatic heterocycles. The van der Waals surface area contributed by atoms with Crippen molar-refractivity contribution in [3.05, 3.63) is 46.4 Å². The summed E-state index contributed by atoms with van der Waals surface area (Å²) in [5.41, 5.74) is 3.14. The maximum atomic E-state index is 11.1. The minimum atomic E-state index is -0.339. The van der Waals surface area contributed by atoms with Gasteiger partial charge in [0.05, 0.1) is 12.8 Å². The fourth-order valence-electron chi connectivity index (χ4n) is 1.96. The molecule has 2 aromatic rings. The number of benzene rings is 1. The number of rotatable bonds is 9. The summed E-state index contributed by atoms with van der Waals surface area (Å²) in [6.07, 6.45) is 7.36. The monoisotopic (exact) mass is 315 g/mol. The van der Waals surface area contributed by atoms with Crippen LogP contribution in [0.2, 0.25) is 0 Å². The van der Waals surface area contributed by atoms with Gasteiger partial charge in [-0.2, -0.15) is 5.10 Å². The number of hydrogen-bond acceptors (Lipinski definition) is 6. The molecule has 2 rings (SSSR count). The summed E-state index contributed by atoms with van der Waals surface area (Å²) in [5, 5.41) is 11.3. The highest BCUT2D eigenvalue weighted by atomic mass is 16.5. The van der Waals surface area contributed by atoms with Crippen LogP contribution in [0.1, 0.15) is 38.2 Å². The van der Waals surface area contributed by atoms with Crippen molar-refractivity contribution in [1.82, 2.24) is 15.2 Å². The Morgan fingerprint density at radius 3 is 3.00 bits per heavy atom. The lowest BCUT2D eigenvalue weighted by Crippen LogP contribution is -2.10. The van der Waals surface area contributed by atoms with Gasteiger partial charge in [0.15, 0.2) is 0 Å². The van der Waals surface area contributed by atoms with Crippen molar-refractivity contribution in [1.29, 1.82) is 0 Å². The fourth-order valence-corrected chi connectivity index (χ4v) is 1.96. The molecule has 0 radical (unpaired) electrons. The summed E-state index contributed by atoms with van der Waals surface area (Å²) in [6, 6.07) is 7.65. The Morgan fingerprint density at radius 1 is 1.30 bits per heavy atom. The lowest BCUT2D eigenvalue weighted by atomic mass is 10.2. The highest BCUT2D eigenvalue weighted by Crippen LogP contribution is 2.16. The quantitative estimate of drug-likeness (QED) is 0.421. The van der Waals surface area contributed by atoms with Crippen LogP contribution in [0.15, 0.2) is 40.4 Å². The number of unbranched alkanes of at least 4 members (excludes halogenated alkanes) is 3. The van der Waals surface area contributed by atoms with E-state index in [1.54, 1.807) is 6.21 Å². The first-order valence-electron chi connectivity index (χ1n) is 7.72. The van der Waals surface area contributed by atoms with Gasteiger partial charge in [-0.1, -0.05) is 38.3 Å². The second kappa shape index (κ2) is 9.34. The first-order valence-corrected chi connectivity index (χ1v) is 7.72. The standard InChI is InChI=1S/C16H21N5O2/c1-2-3-4-7-10-23-14-9-6-5-8-13(14)11-17-20-16-19-15(22)12-18-21-16/h5-6,8-9,11-12H,2-4,7,10H2,1H3,(H2,19,20,21,22)/b17-11+. The van der Waals surface area contributed by atoms with Gasteiger partial charge in [-0.05, 0) is 18.6 Å². The lowest BCUT2D eigenvalue weighted by molar-refractivity contribution is 0.304. The molecule has 0 amide bonds. The van der Waals surface area contributed by atoms with Gasteiger partial charge in [-0.3, -0.25) is 9.78 Å². The van der Waals surface area contributed by atoms with Crippen molar-refractivity contribution in [2.75, 3.05) is 12.0 Å². The number of aromatic amines is 1. The molecule has 0 fully saturated rings. The highest BCUT2D eigenvalue weighted by Gasteiger charge is 2.00. The van der Waals surface area contributed by atoms with Gasteiger partial charge in [0.2, 0.25) is 5.95 Å². The van der Waals surface area contributed by atoms with Crippen LogP contribution in [-0.4, -0.2) is 28.0 Å². The Kier molecular flexibility index (Phi) is 6.77. The lowest BCUT2D eigenvalue weighted by Gasteiger charge is -2.08. The molecule has 0 saturated heterocycles. The molecule has 0 saturated carbocycles. The molecule has 0 atom stereocenters. The minimum Gasteiger partial charge on any atom is -0.493 e. The topological polar surface area (TPSA) is 92.3 Å². The Bertz CT molecular complexity index is 684. The molecule has 0 aliphatic carbocycles. The van der Waals surface area contributed by atoms with Gasteiger partial charge in [0.25, 0.3) is 5.56 Å². The summed E-state index contributed by atoms with van der Waals surface area (Å²) < 4.78 is 5.80. The number of H-pyrrole nitrogens is 1. The van der Waals surface area contributed by atoms with E-state index >= 15 is 0 Å². The summed E-state index contributed by atoms with van der Waals surface area (Å²) in [4.78, 5) is 13.6. The average molecular weight is 315 g/mol. The Labute approximate surface area is 134 Å². The minimum absolute atomic E-state index is 0.187. The number of anilines is 1. The number of hydrazone groups is 1. The molecule has 0 unspecified atom stereocenters. The molecule has 0 spiro atoms. The third-order valence-corrected chi connectivity index (χ3v) is 3.12. The van der Waals surface area contributed by atoms with Crippen LogP contribution in [0.3, 0.4) is 0 Å². The SMILES string of the molecule is CCCCCCOc1ccccc1/C=N/Nc1nncc(=O)[nH]1. The van der Waals surface area contributed by atoms with E-state index in [-0.39, 0.29) is 11.5 Å². The second-order valence-corrected chi connectivity index (χ2v) is 5.00. The zero-order chi connectivity index (χ0) is 16.3. The number of nitrogens with one attached hydrogen (secondary N) is 2. The number of hydrogen-bond donors (Lipinski definition) is 2. The van der Waals surface area contributed by atoms with Gasteiger partial charge in [-0.15, -0.1) is 10.2 Å². The zero-order valence-corrected chi connectivity index (χ0v) is 13.2. The van der Waals surface area contributed by atoms with E-state index in [4.69, 9.17) is 4.74 Å². The van der Waals surface area contributed by atoms with E-state index in [0.29, 0.717) is 6.61 Å².